The number of hydrogen-bond donors (Lipinski definition) is 2. The van der Waals surface area contributed by atoms with Crippen molar-refractivity contribution in [3.8, 4) is 5.75 Å². The van der Waals surface area contributed by atoms with E-state index in [0.29, 0.717) is 5.75 Å². The van der Waals surface area contributed by atoms with Gasteiger partial charge in [0.2, 0.25) is 0 Å². The fourth-order valence-corrected chi connectivity index (χ4v) is 3.69. The maximum Gasteiger partial charge on any atom is 0.318 e. The summed E-state index contributed by atoms with van der Waals surface area (Å²) in [4.78, 5) is 14.8. The van der Waals surface area contributed by atoms with Crippen LogP contribution >= 0.6 is 0 Å². The molecule has 2 N–H and O–H groups in total. The summed E-state index contributed by atoms with van der Waals surface area (Å²) in [5, 5.41) is 13.1. The van der Waals surface area contributed by atoms with Crippen molar-refractivity contribution in [1.29, 1.82) is 0 Å². The topological polar surface area (TPSA) is 65.7 Å². The average molecular weight is 326 g/mol. The molecule has 2 aromatic rings. The Kier molecular flexibility index (Phi) is 3.71. The third-order valence-corrected chi connectivity index (χ3v) is 5.09. The van der Waals surface area contributed by atoms with E-state index in [1.807, 2.05) is 36.1 Å². The maximum atomic E-state index is 12.9. The predicted molar refractivity (Wildman–Crippen MR) is 89.7 cm³/mol. The third kappa shape index (κ3) is 2.64. The second-order valence-corrected chi connectivity index (χ2v) is 6.72. The number of furan rings is 1. The largest absolute Gasteiger partial charge is 0.508 e. The molecule has 126 valence electrons. The minimum Gasteiger partial charge on any atom is -0.508 e. The highest BCUT2D eigenvalue weighted by atomic mass is 16.3. The van der Waals surface area contributed by atoms with E-state index in [4.69, 9.17) is 4.42 Å². The van der Waals surface area contributed by atoms with Crippen molar-refractivity contribution in [1.82, 2.24) is 10.2 Å². The van der Waals surface area contributed by atoms with Crippen LogP contribution in [0.25, 0.3) is 0 Å². The third-order valence-electron chi connectivity index (χ3n) is 5.09. The summed E-state index contributed by atoms with van der Waals surface area (Å²) in [6.07, 6.45) is 5.35. The highest BCUT2D eigenvalue weighted by molar-refractivity contribution is 5.76. The molecule has 5 nitrogen and oxygen atoms in total. The molecule has 24 heavy (non-hydrogen) atoms. The Hall–Kier alpha value is -2.43. The van der Waals surface area contributed by atoms with E-state index in [2.05, 4.69) is 5.32 Å². The number of urea groups is 1. The molecule has 0 saturated heterocycles. The standard InChI is InChI=1S/C19H22N2O3/c1-12(18-6-3-11-24-18)21(13-7-8-13)19(23)20-16-10-9-15-14(16)4-2-5-17(15)22/h2-6,11-13,16,22H,7-10H2,1H3,(H,20,23)/t12-,16+/m1/s1. The Morgan fingerprint density at radius 2 is 2.12 bits per heavy atom. The lowest BCUT2D eigenvalue weighted by Crippen LogP contribution is -2.43. The summed E-state index contributed by atoms with van der Waals surface area (Å²) in [5.74, 6) is 1.13. The van der Waals surface area contributed by atoms with Gasteiger partial charge in [0.25, 0.3) is 0 Å². The number of carbonyl (C=O) groups is 1. The number of phenolic OH excluding ortho intramolecular Hbond substituents is 1. The van der Waals surface area contributed by atoms with Gasteiger partial charge < -0.3 is 19.7 Å². The number of rotatable bonds is 4. The minimum atomic E-state index is -0.0856. The van der Waals surface area contributed by atoms with Gasteiger partial charge in [0, 0.05) is 6.04 Å². The lowest BCUT2D eigenvalue weighted by Gasteiger charge is -2.30. The van der Waals surface area contributed by atoms with Crippen molar-refractivity contribution in [2.24, 2.45) is 0 Å². The number of nitrogens with zero attached hydrogens (tertiary/aromatic N) is 1. The first-order valence-corrected chi connectivity index (χ1v) is 8.58. The second kappa shape index (κ2) is 5.89. The number of hydrogen-bond acceptors (Lipinski definition) is 3. The van der Waals surface area contributed by atoms with Crippen molar-refractivity contribution < 1.29 is 14.3 Å². The van der Waals surface area contributed by atoms with Crippen LogP contribution in [0, 0.1) is 0 Å². The normalized spacial score (nSPS) is 20.5. The smallest absolute Gasteiger partial charge is 0.318 e. The van der Waals surface area contributed by atoms with Crippen LogP contribution in [0.1, 0.15) is 55.2 Å². The molecule has 2 aliphatic carbocycles. The maximum absolute atomic E-state index is 12.9. The lowest BCUT2D eigenvalue weighted by molar-refractivity contribution is 0.162. The van der Waals surface area contributed by atoms with E-state index in [0.717, 1.165) is 42.6 Å². The molecule has 0 bridgehead atoms. The number of carbonyl (C=O) groups excluding carboxylic acids is 1. The predicted octanol–water partition coefficient (Wildman–Crippen LogP) is 3.91. The van der Waals surface area contributed by atoms with Gasteiger partial charge in [-0.25, -0.2) is 4.79 Å². The molecule has 2 amide bonds. The van der Waals surface area contributed by atoms with Gasteiger partial charge in [-0.1, -0.05) is 12.1 Å². The molecule has 1 fully saturated rings. The number of aromatic hydroxyl groups is 1. The van der Waals surface area contributed by atoms with Crippen LogP contribution in [0.4, 0.5) is 4.79 Å². The van der Waals surface area contributed by atoms with Crippen LogP contribution in [0.3, 0.4) is 0 Å². The lowest BCUT2D eigenvalue weighted by atomic mass is 10.1. The summed E-state index contributed by atoms with van der Waals surface area (Å²) in [6.45, 7) is 2.01. The molecule has 1 aromatic heterocycles. The quantitative estimate of drug-likeness (QED) is 0.895. The Morgan fingerprint density at radius 1 is 1.29 bits per heavy atom. The minimum absolute atomic E-state index is 0.0374. The molecule has 0 spiro atoms. The molecule has 1 saturated carbocycles. The molecule has 0 radical (unpaired) electrons. The van der Waals surface area contributed by atoms with Gasteiger partial charge in [-0.2, -0.15) is 0 Å². The number of benzene rings is 1. The fourth-order valence-electron chi connectivity index (χ4n) is 3.69. The van der Waals surface area contributed by atoms with Crippen LogP contribution < -0.4 is 5.32 Å². The van der Waals surface area contributed by atoms with Crippen molar-refractivity contribution in [3.63, 3.8) is 0 Å². The van der Waals surface area contributed by atoms with Crippen molar-refractivity contribution in [2.45, 2.75) is 50.7 Å². The van der Waals surface area contributed by atoms with E-state index in [1.54, 1.807) is 12.3 Å². The zero-order valence-electron chi connectivity index (χ0n) is 13.7. The molecule has 4 rings (SSSR count). The number of amides is 2. The Morgan fingerprint density at radius 3 is 2.83 bits per heavy atom. The molecular weight excluding hydrogens is 304 g/mol. The number of phenols is 1. The summed E-state index contributed by atoms with van der Waals surface area (Å²) in [7, 11) is 0. The van der Waals surface area contributed by atoms with Crippen LogP contribution in [0.5, 0.6) is 5.75 Å². The molecule has 5 heteroatoms. The van der Waals surface area contributed by atoms with Gasteiger partial charge in [-0.3, -0.25) is 0 Å². The van der Waals surface area contributed by atoms with Gasteiger partial charge in [0.1, 0.15) is 11.5 Å². The van der Waals surface area contributed by atoms with Gasteiger partial charge in [0.05, 0.1) is 18.3 Å². The first kappa shape index (κ1) is 15.1. The van der Waals surface area contributed by atoms with Crippen molar-refractivity contribution in [2.75, 3.05) is 0 Å². The monoisotopic (exact) mass is 326 g/mol. The van der Waals surface area contributed by atoms with Gasteiger partial charge in [-0.05, 0) is 61.9 Å². The van der Waals surface area contributed by atoms with E-state index >= 15 is 0 Å². The van der Waals surface area contributed by atoms with Crippen molar-refractivity contribution >= 4 is 6.03 Å². The Balaban J connectivity index is 1.52. The van der Waals surface area contributed by atoms with Crippen molar-refractivity contribution in [3.05, 3.63) is 53.5 Å². The fraction of sp³-hybridized carbons (Fsp3) is 0.421. The summed E-state index contributed by atoms with van der Waals surface area (Å²) in [5.41, 5.74) is 1.99. The van der Waals surface area contributed by atoms with E-state index < -0.39 is 0 Å². The second-order valence-electron chi connectivity index (χ2n) is 6.72. The van der Waals surface area contributed by atoms with Crippen LogP contribution in [0.15, 0.2) is 41.0 Å². The number of nitrogens with one attached hydrogen (secondary N) is 1. The van der Waals surface area contributed by atoms with Crippen LogP contribution in [-0.4, -0.2) is 22.1 Å². The number of fused-ring (bicyclic) bond motifs is 1. The molecule has 2 atom stereocenters. The zero-order valence-corrected chi connectivity index (χ0v) is 13.7. The average Bonchev–Trinajstić information content (AvgIpc) is 3.09. The van der Waals surface area contributed by atoms with E-state index in [1.165, 1.54) is 0 Å². The molecule has 2 aliphatic rings. The van der Waals surface area contributed by atoms with Gasteiger partial charge in [-0.15, -0.1) is 0 Å². The summed E-state index contributed by atoms with van der Waals surface area (Å²) in [6, 6.07) is 9.41. The van der Waals surface area contributed by atoms with E-state index in [9.17, 15) is 9.90 Å². The molecule has 1 aromatic carbocycles. The molecule has 0 unspecified atom stereocenters. The summed E-state index contributed by atoms with van der Waals surface area (Å²) >= 11 is 0. The Bertz CT molecular complexity index is 737. The molecular formula is C19H22N2O3. The van der Waals surface area contributed by atoms with Crippen LogP contribution in [0.2, 0.25) is 0 Å². The first-order valence-electron chi connectivity index (χ1n) is 8.58. The molecule has 1 heterocycles. The Labute approximate surface area is 141 Å². The zero-order chi connectivity index (χ0) is 16.7. The van der Waals surface area contributed by atoms with Crippen LogP contribution in [-0.2, 0) is 6.42 Å². The van der Waals surface area contributed by atoms with Gasteiger partial charge >= 0.3 is 6.03 Å². The van der Waals surface area contributed by atoms with Gasteiger partial charge in [0.15, 0.2) is 0 Å². The molecule has 0 aliphatic heterocycles. The first-order chi connectivity index (χ1) is 11.6. The SMILES string of the molecule is C[C@H](c1ccco1)N(C(=O)N[C@H]1CCc2c(O)cccc21)C1CC1. The highest BCUT2D eigenvalue weighted by Crippen LogP contribution is 2.38. The highest BCUT2D eigenvalue weighted by Gasteiger charge is 2.38. The summed E-state index contributed by atoms with van der Waals surface area (Å²) < 4.78 is 5.49. The van der Waals surface area contributed by atoms with E-state index in [-0.39, 0.29) is 24.2 Å².